The third-order valence-corrected chi connectivity index (χ3v) is 3.72. The van der Waals surface area contributed by atoms with Gasteiger partial charge in [0.15, 0.2) is 5.78 Å². The minimum Gasteiger partial charge on any atom is -0.422 e. The number of ketones is 1. The minimum atomic E-state index is -0.370. The molecule has 0 fully saturated rings. The molecule has 0 unspecified atom stereocenters. The number of ether oxygens (including phenoxy) is 1. The van der Waals surface area contributed by atoms with E-state index >= 15 is 0 Å². The Bertz CT molecular complexity index is 570. The highest BCUT2D eigenvalue weighted by Gasteiger charge is 2.10. The van der Waals surface area contributed by atoms with Gasteiger partial charge in [-0.15, -0.1) is 11.3 Å². The van der Waals surface area contributed by atoms with E-state index in [0.717, 1.165) is 12.8 Å². The van der Waals surface area contributed by atoms with Gasteiger partial charge in [-0.05, 0) is 42.1 Å². The number of carbonyl (C=O) groups is 2. The molecule has 0 radical (unpaired) electrons. The van der Waals surface area contributed by atoms with Crippen molar-refractivity contribution in [2.75, 3.05) is 0 Å². The monoisotopic (exact) mass is 288 g/mol. The summed E-state index contributed by atoms with van der Waals surface area (Å²) in [7, 11) is 0. The van der Waals surface area contributed by atoms with Crippen LogP contribution in [0.4, 0.5) is 0 Å². The molecule has 2 aromatic rings. The summed E-state index contributed by atoms with van der Waals surface area (Å²) in [5, 5.41) is 1.83. The van der Waals surface area contributed by atoms with Crippen LogP contribution in [0, 0.1) is 0 Å². The van der Waals surface area contributed by atoms with Crippen molar-refractivity contribution in [1.29, 1.82) is 0 Å². The van der Waals surface area contributed by atoms with E-state index in [1.54, 1.807) is 36.4 Å². The van der Waals surface area contributed by atoms with Crippen molar-refractivity contribution < 1.29 is 14.3 Å². The van der Waals surface area contributed by atoms with Crippen LogP contribution in [0.5, 0.6) is 5.75 Å². The van der Waals surface area contributed by atoms with Crippen LogP contribution < -0.4 is 4.74 Å². The van der Waals surface area contributed by atoms with E-state index in [1.165, 1.54) is 11.3 Å². The van der Waals surface area contributed by atoms with Crippen molar-refractivity contribution in [3.8, 4) is 5.75 Å². The zero-order valence-corrected chi connectivity index (χ0v) is 12.1. The fourth-order valence-corrected chi connectivity index (χ4v) is 2.34. The van der Waals surface area contributed by atoms with Gasteiger partial charge in [0.1, 0.15) is 10.6 Å². The van der Waals surface area contributed by atoms with Crippen LogP contribution in [0.3, 0.4) is 0 Å². The zero-order chi connectivity index (χ0) is 14.4. The minimum absolute atomic E-state index is 0.128. The van der Waals surface area contributed by atoms with Crippen molar-refractivity contribution in [3.05, 3.63) is 52.2 Å². The third kappa shape index (κ3) is 3.78. The number of benzene rings is 1. The van der Waals surface area contributed by atoms with Crippen molar-refractivity contribution in [3.63, 3.8) is 0 Å². The van der Waals surface area contributed by atoms with Gasteiger partial charge in [0.25, 0.3) is 0 Å². The van der Waals surface area contributed by atoms with Crippen LogP contribution >= 0.6 is 11.3 Å². The highest BCUT2D eigenvalue weighted by atomic mass is 32.1. The van der Waals surface area contributed by atoms with Crippen LogP contribution in [-0.2, 0) is 0 Å². The van der Waals surface area contributed by atoms with Crippen LogP contribution in [0.1, 0.15) is 46.2 Å². The normalized spacial score (nSPS) is 10.2. The van der Waals surface area contributed by atoms with Gasteiger partial charge in [-0.25, -0.2) is 4.79 Å². The SMILES string of the molecule is CCCCC(=O)c1ccc(OC(=O)c2cccs2)cc1. The van der Waals surface area contributed by atoms with Gasteiger partial charge in [-0.2, -0.15) is 0 Å². The van der Waals surface area contributed by atoms with Crippen molar-refractivity contribution in [2.24, 2.45) is 0 Å². The average Bonchev–Trinajstić information content (AvgIpc) is 3.00. The van der Waals surface area contributed by atoms with Crippen LogP contribution in [-0.4, -0.2) is 11.8 Å². The molecule has 0 bridgehead atoms. The molecular formula is C16H16O3S. The predicted molar refractivity (Wildman–Crippen MR) is 79.6 cm³/mol. The Balaban J connectivity index is 1.98. The summed E-state index contributed by atoms with van der Waals surface area (Å²) in [4.78, 5) is 24.1. The Morgan fingerprint density at radius 2 is 1.90 bits per heavy atom. The Morgan fingerprint density at radius 1 is 1.15 bits per heavy atom. The molecule has 104 valence electrons. The van der Waals surface area contributed by atoms with Gasteiger partial charge in [-0.1, -0.05) is 19.4 Å². The summed E-state index contributed by atoms with van der Waals surface area (Å²) in [5.41, 5.74) is 0.661. The summed E-state index contributed by atoms with van der Waals surface area (Å²) in [5.74, 6) is 0.212. The lowest BCUT2D eigenvalue weighted by molar-refractivity contribution is 0.0740. The first-order valence-electron chi connectivity index (χ1n) is 6.59. The van der Waals surface area contributed by atoms with E-state index in [2.05, 4.69) is 6.92 Å². The lowest BCUT2D eigenvalue weighted by atomic mass is 10.1. The molecule has 2 rings (SSSR count). The standard InChI is InChI=1S/C16H16O3S/c1-2-3-5-14(17)12-7-9-13(10-8-12)19-16(18)15-6-4-11-20-15/h4,6-11H,2-3,5H2,1H3. The molecule has 0 spiro atoms. The maximum absolute atomic E-state index is 11.8. The molecule has 1 heterocycles. The number of hydrogen-bond acceptors (Lipinski definition) is 4. The first-order chi connectivity index (χ1) is 9.70. The molecular weight excluding hydrogens is 272 g/mol. The number of hydrogen-bond donors (Lipinski definition) is 0. The quantitative estimate of drug-likeness (QED) is 0.451. The molecule has 0 aliphatic heterocycles. The first kappa shape index (κ1) is 14.5. The number of Topliss-reactive ketones (excluding diaryl/α,β-unsaturated/α-hetero) is 1. The van der Waals surface area contributed by atoms with Gasteiger partial charge in [0.2, 0.25) is 0 Å². The second-order valence-corrected chi connectivity index (χ2v) is 5.37. The molecule has 0 aliphatic carbocycles. The van der Waals surface area contributed by atoms with Gasteiger partial charge >= 0.3 is 5.97 Å². The molecule has 0 aliphatic rings. The number of thiophene rings is 1. The molecule has 0 atom stereocenters. The molecule has 0 amide bonds. The van der Waals surface area contributed by atoms with Crippen LogP contribution in [0.2, 0.25) is 0 Å². The van der Waals surface area contributed by atoms with Gasteiger partial charge in [0, 0.05) is 12.0 Å². The number of esters is 1. The van der Waals surface area contributed by atoms with Crippen molar-refractivity contribution in [2.45, 2.75) is 26.2 Å². The average molecular weight is 288 g/mol. The maximum Gasteiger partial charge on any atom is 0.353 e. The Kier molecular flexibility index (Phi) is 5.07. The summed E-state index contributed by atoms with van der Waals surface area (Å²) in [6.07, 6.45) is 2.46. The molecule has 4 heteroatoms. The second kappa shape index (κ2) is 7.01. The van der Waals surface area contributed by atoms with E-state index in [1.807, 2.05) is 5.38 Å². The summed E-state index contributed by atoms with van der Waals surface area (Å²) >= 11 is 1.34. The maximum atomic E-state index is 11.8. The van der Waals surface area contributed by atoms with E-state index in [-0.39, 0.29) is 11.8 Å². The lowest BCUT2D eigenvalue weighted by Crippen LogP contribution is -2.06. The summed E-state index contributed by atoms with van der Waals surface area (Å²) in [6.45, 7) is 2.06. The van der Waals surface area contributed by atoms with Crippen molar-refractivity contribution in [1.82, 2.24) is 0 Å². The fraction of sp³-hybridized carbons (Fsp3) is 0.250. The fourth-order valence-electron chi connectivity index (χ4n) is 1.74. The smallest absolute Gasteiger partial charge is 0.353 e. The largest absolute Gasteiger partial charge is 0.422 e. The van der Waals surface area contributed by atoms with Gasteiger partial charge in [-0.3, -0.25) is 4.79 Å². The molecule has 0 N–H and O–H groups in total. The summed E-state index contributed by atoms with van der Waals surface area (Å²) < 4.78 is 5.23. The van der Waals surface area contributed by atoms with Crippen LogP contribution in [0.15, 0.2) is 41.8 Å². The highest BCUT2D eigenvalue weighted by molar-refractivity contribution is 7.12. The number of rotatable bonds is 6. The van der Waals surface area contributed by atoms with Crippen LogP contribution in [0.25, 0.3) is 0 Å². The Morgan fingerprint density at radius 3 is 2.50 bits per heavy atom. The first-order valence-corrected chi connectivity index (χ1v) is 7.47. The molecule has 1 aromatic carbocycles. The molecule has 1 aromatic heterocycles. The van der Waals surface area contributed by atoms with E-state index < -0.39 is 0 Å². The molecule has 0 saturated heterocycles. The van der Waals surface area contributed by atoms with E-state index in [4.69, 9.17) is 4.74 Å². The highest BCUT2D eigenvalue weighted by Crippen LogP contribution is 2.17. The number of unbranched alkanes of at least 4 members (excludes halogenated alkanes) is 1. The second-order valence-electron chi connectivity index (χ2n) is 4.42. The van der Waals surface area contributed by atoms with Gasteiger partial charge in [0.05, 0.1) is 0 Å². The molecule has 20 heavy (non-hydrogen) atoms. The summed E-state index contributed by atoms with van der Waals surface area (Å²) in [6, 6.07) is 10.2. The lowest BCUT2D eigenvalue weighted by Gasteiger charge is -2.04. The van der Waals surface area contributed by atoms with E-state index in [9.17, 15) is 9.59 Å². The van der Waals surface area contributed by atoms with Crippen molar-refractivity contribution >= 4 is 23.1 Å². The Labute approximate surface area is 122 Å². The van der Waals surface area contributed by atoms with E-state index in [0.29, 0.717) is 22.6 Å². The van der Waals surface area contributed by atoms with Gasteiger partial charge < -0.3 is 4.74 Å². The topological polar surface area (TPSA) is 43.4 Å². The molecule has 0 saturated carbocycles. The zero-order valence-electron chi connectivity index (χ0n) is 11.3. The third-order valence-electron chi connectivity index (χ3n) is 2.87. The molecule has 3 nitrogen and oxygen atoms in total. The Hall–Kier alpha value is -1.94. The predicted octanol–water partition coefficient (Wildman–Crippen LogP) is 4.34. The number of carbonyl (C=O) groups excluding carboxylic acids is 2.